The Bertz CT molecular complexity index is 893. The standard InChI is InChI=1S/C19H20N2O2/c1-11-14-9-8-12-4-2-3-5-15(12)18(14)23-17(11)19(22)21-10-16(20)13-6-7-13/h2-5,8-9,13,16H,6-7,10,20H2,1H3,(H,21,22). The third-order valence-corrected chi connectivity index (χ3v) is 4.76. The van der Waals surface area contributed by atoms with Crippen molar-refractivity contribution < 1.29 is 9.21 Å². The third kappa shape index (κ3) is 2.49. The molecular weight excluding hydrogens is 288 g/mol. The molecular formula is C19H20N2O2. The SMILES string of the molecule is Cc1c(C(=O)NCC(N)C2CC2)oc2c1ccc1ccccc12. The fourth-order valence-corrected chi connectivity index (χ4v) is 3.15. The number of nitrogens with two attached hydrogens (primary N) is 1. The highest BCUT2D eigenvalue weighted by molar-refractivity contribution is 6.08. The van der Waals surface area contributed by atoms with Gasteiger partial charge in [0.05, 0.1) is 0 Å². The Kier molecular flexibility index (Phi) is 3.34. The Labute approximate surface area is 134 Å². The first-order chi connectivity index (χ1) is 11.1. The van der Waals surface area contributed by atoms with Crippen molar-refractivity contribution >= 4 is 27.6 Å². The summed E-state index contributed by atoms with van der Waals surface area (Å²) in [6.07, 6.45) is 2.35. The highest BCUT2D eigenvalue weighted by atomic mass is 16.3. The molecule has 1 amide bonds. The Morgan fingerprint density at radius 2 is 2.04 bits per heavy atom. The van der Waals surface area contributed by atoms with E-state index in [-0.39, 0.29) is 11.9 Å². The molecule has 0 aliphatic heterocycles. The van der Waals surface area contributed by atoms with Crippen LogP contribution in [0.3, 0.4) is 0 Å². The summed E-state index contributed by atoms with van der Waals surface area (Å²) in [5.74, 6) is 0.772. The molecule has 1 saturated carbocycles. The van der Waals surface area contributed by atoms with Gasteiger partial charge in [0.15, 0.2) is 5.76 Å². The largest absolute Gasteiger partial charge is 0.450 e. The van der Waals surface area contributed by atoms with Crippen LogP contribution in [0.4, 0.5) is 0 Å². The Balaban J connectivity index is 1.67. The summed E-state index contributed by atoms with van der Waals surface area (Å²) in [5.41, 5.74) is 7.70. The second-order valence-electron chi connectivity index (χ2n) is 6.43. The summed E-state index contributed by atoms with van der Waals surface area (Å²) in [5, 5.41) is 6.04. The molecule has 0 bridgehead atoms. The molecule has 23 heavy (non-hydrogen) atoms. The van der Waals surface area contributed by atoms with Gasteiger partial charge in [-0.05, 0) is 31.1 Å². The maximum Gasteiger partial charge on any atom is 0.287 e. The van der Waals surface area contributed by atoms with Crippen molar-refractivity contribution in [1.82, 2.24) is 5.32 Å². The molecule has 0 radical (unpaired) electrons. The number of benzene rings is 2. The zero-order valence-corrected chi connectivity index (χ0v) is 13.1. The number of hydrogen-bond acceptors (Lipinski definition) is 3. The predicted octanol–water partition coefficient (Wildman–Crippen LogP) is 3.36. The van der Waals surface area contributed by atoms with Crippen molar-refractivity contribution in [3.05, 3.63) is 47.7 Å². The molecule has 1 unspecified atom stereocenters. The second kappa shape index (κ2) is 5.39. The molecule has 1 aliphatic carbocycles. The van der Waals surface area contributed by atoms with Crippen molar-refractivity contribution in [3.63, 3.8) is 0 Å². The summed E-state index contributed by atoms with van der Waals surface area (Å²) >= 11 is 0. The van der Waals surface area contributed by atoms with Crippen LogP contribution < -0.4 is 11.1 Å². The number of furan rings is 1. The lowest BCUT2D eigenvalue weighted by atomic mass is 10.1. The van der Waals surface area contributed by atoms with Crippen molar-refractivity contribution in [3.8, 4) is 0 Å². The minimum absolute atomic E-state index is 0.0458. The van der Waals surface area contributed by atoms with Crippen LogP contribution in [-0.4, -0.2) is 18.5 Å². The molecule has 2 aromatic carbocycles. The van der Waals surface area contributed by atoms with Crippen LogP contribution in [0.25, 0.3) is 21.7 Å². The van der Waals surface area contributed by atoms with E-state index in [1.54, 1.807) is 0 Å². The Morgan fingerprint density at radius 1 is 1.26 bits per heavy atom. The molecule has 4 heteroatoms. The summed E-state index contributed by atoms with van der Waals surface area (Å²) in [6.45, 7) is 2.43. The minimum atomic E-state index is -0.182. The number of fused-ring (bicyclic) bond motifs is 3. The van der Waals surface area contributed by atoms with E-state index >= 15 is 0 Å². The van der Waals surface area contributed by atoms with Crippen LogP contribution in [0, 0.1) is 12.8 Å². The average Bonchev–Trinajstić information content (AvgIpc) is 3.36. The van der Waals surface area contributed by atoms with E-state index in [1.807, 2.05) is 37.3 Å². The number of amides is 1. The van der Waals surface area contributed by atoms with Gasteiger partial charge in [-0.3, -0.25) is 4.79 Å². The van der Waals surface area contributed by atoms with E-state index in [0.717, 1.165) is 27.3 Å². The molecule has 0 saturated heterocycles. The molecule has 118 valence electrons. The molecule has 4 rings (SSSR count). The normalized spacial score (nSPS) is 15.9. The van der Waals surface area contributed by atoms with Crippen molar-refractivity contribution in [2.45, 2.75) is 25.8 Å². The fourth-order valence-electron chi connectivity index (χ4n) is 3.15. The molecule has 1 heterocycles. The fraction of sp³-hybridized carbons (Fsp3) is 0.316. The average molecular weight is 308 g/mol. The summed E-state index contributed by atoms with van der Waals surface area (Å²) in [4.78, 5) is 12.5. The van der Waals surface area contributed by atoms with E-state index in [4.69, 9.17) is 10.2 Å². The molecule has 4 nitrogen and oxygen atoms in total. The molecule has 3 N–H and O–H groups in total. The molecule has 3 aromatic rings. The lowest BCUT2D eigenvalue weighted by molar-refractivity contribution is 0.0924. The van der Waals surface area contributed by atoms with Crippen LogP contribution in [0.2, 0.25) is 0 Å². The van der Waals surface area contributed by atoms with Crippen LogP contribution >= 0.6 is 0 Å². The number of hydrogen-bond donors (Lipinski definition) is 2. The summed E-state index contributed by atoms with van der Waals surface area (Å²) in [6, 6.07) is 12.2. The lowest BCUT2D eigenvalue weighted by Crippen LogP contribution is -2.38. The molecule has 1 fully saturated rings. The van der Waals surface area contributed by atoms with Gasteiger partial charge < -0.3 is 15.5 Å². The molecule has 1 aliphatic rings. The van der Waals surface area contributed by atoms with Crippen molar-refractivity contribution in [1.29, 1.82) is 0 Å². The first kappa shape index (κ1) is 14.3. The van der Waals surface area contributed by atoms with Crippen LogP contribution in [-0.2, 0) is 0 Å². The van der Waals surface area contributed by atoms with Gasteiger partial charge >= 0.3 is 0 Å². The van der Waals surface area contributed by atoms with E-state index in [1.165, 1.54) is 12.8 Å². The van der Waals surface area contributed by atoms with Gasteiger partial charge in [-0.2, -0.15) is 0 Å². The van der Waals surface area contributed by atoms with Crippen molar-refractivity contribution in [2.24, 2.45) is 11.7 Å². The van der Waals surface area contributed by atoms with E-state index in [9.17, 15) is 4.79 Å². The molecule has 1 atom stereocenters. The van der Waals surface area contributed by atoms with Crippen molar-refractivity contribution in [2.75, 3.05) is 6.54 Å². The summed E-state index contributed by atoms with van der Waals surface area (Å²) < 4.78 is 5.93. The highest BCUT2D eigenvalue weighted by Crippen LogP contribution is 2.32. The van der Waals surface area contributed by atoms with Gasteiger partial charge in [0.25, 0.3) is 5.91 Å². The third-order valence-electron chi connectivity index (χ3n) is 4.76. The van der Waals surface area contributed by atoms with Crippen LogP contribution in [0.15, 0.2) is 40.8 Å². The quantitative estimate of drug-likeness (QED) is 0.776. The maximum absolute atomic E-state index is 12.5. The minimum Gasteiger partial charge on any atom is -0.450 e. The zero-order chi connectivity index (χ0) is 16.0. The number of nitrogens with one attached hydrogen (secondary N) is 1. The lowest BCUT2D eigenvalue weighted by Gasteiger charge is -2.10. The molecule has 1 aromatic heterocycles. The first-order valence-corrected chi connectivity index (χ1v) is 8.10. The van der Waals surface area contributed by atoms with Gasteiger partial charge in [-0.1, -0.05) is 36.4 Å². The van der Waals surface area contributed by atoms with Gasteiger partial charge in [-0.15, -0.1) is 0 Å². The predicted molar refractivity (Wildman–Crippen MR) is 91.5 cm³/mol. The Morgan fingerprint density at radius 3 is 2.83 bits per heavy atom. The van der Waals surface area contributed by atoms with Gasteiger partial charge in [-0.25, -0.2) is 0 Å². The smallest absolute Gasteiger partial charge is 0.287 e. The monoisotopic (exact) mass is 308 g/mol. The summed E-state index contributed by atoms with van der Waals surface area (Å²) in [7, 11) is 0. The number of carbonyl (C=O) groups excluding carboxylic acids is 1. The van der Waals surface area contributed by atoms with Gasteiger partial charge in [0.1, 0.15) is 5.58 Å². The number of aryl methyl sites for hydroxylation is 1. The van der Waals surface area contributed by atoms with E-state index in [2.05, 4.69) is 11.4 Å². The first-order valence-electron chi connectivity index (χ1n) is 8.10. The van der Waals surface area contributed by atoms with Gasteiger partial charge in [0, 0.05) is 28.9 Å². The molecule has 0 spiro atoms. The number of carbonyl (C=O) groups is 1. The van der Waals surface area contributed by atoms with Crippen LogP contribution in [0.5, 0.6) is 0 Å². The maximum atomic E-state index is 12.5. The highest BCUT2D eigenvalue weighted by Gasteiger charge is 2.29. The second-order valence-corrected chi connectivity index (χ2v) is 6.43. The van der Waals surface area contributed by atoms with Gasteiger partial charge in [0.2, 0.25) is 0 Å². The number of rotatable bonds is 4. The zero-order valence-electron chi connectivity index (χ0n) is 13.1. The van der Waals surface area contributed by atoms with E-state index < -0.39 is 0 Å². The Hall–Kier alpha value is -2.33. The topological polar surface area (TPSA) is 68.3 Å². The van der Waals surface area contributed by atoms with Crippen LogP contribution in [0.1, 0.15) is 29.0 Å². The van der Waals surface area contributed by atoms with E-state index in [0.29, 0.717) is 18.2 Å².